The largest absolute Gasteiger partial charge is 0.416 e. The summed E-state index contributed by atoms with van der Waals surface area (Å²) in [7, 11) is 0. The van der Waals surface area contributed by atoms with E-state index < -0.39 is 53.3 Å². The van der Waals surface area contributed by atoms with Gasteiger partial charge in [0.2, 0.25) is 0 Å². The molecule has 10 nitrogen and oxygen atoms in total. The molecule has 2 saturated heterocycles. The van der Waals surface area contributed by atoms with E-state index in [0.29, 0.717) is 42.5 Å². The number of anilines is 1. The van der Waals surface area contributed by atoms with Crippen LogP contribution in [-0.4, -0.2) is 70.3 Å². The number of carbonyl (C=O) groups excluding carboxylic acids is 3. The Hall–Kier alpha value is -4.77. The zero-order chi connectivity index (χ0) is 33.2. The quantitative estimate of drug-likeness (QED) is 0.395. The summed E-state index contributed by atoms with van der Waals surface area (Å²) in [5.74, 6) is -3.09. The number of likely N-dealkylation sites (N-methyl/N-ethyl adjacent to an activating group) is 1. The zero-order valence-corrected chi connectivity index (χ0v) is 25.2. The van der Waals surface area contributed by atoms with Crippen LogP contribution in [0.1, 0.15) is 75.7 Å². The molecule has 3 aliphatic heterocycles. The summed E-state index contributed by atoms with van der Waals surface area (Å²) in [5.41, 5.74) is -0.659. The fourth-order valence-corrected chi connectivity index (χ4v) is 7.23. The van der Waals surface area contributed by atoms with Crippen molar-refractivity contribution in [2.24, 2.45) is 5.92 Å². The fraction of sp³-hybridized carbons (Fsp3) is 0.424. The van der Waals surface area contributed by atoms with Crippen molar-refractivity contribution in [1.82, 2.24) is 20.0 Å². The van der Waals surface area contributed by atoms with Gasteiger partial charge < -0.3 is 15.0 Å². The molecule has 3 fully saturated rings. The van der Waals surface area contributed by atoms with Gasteiger partial charge in [-0.1, -0.05) is 18.2 Å². The van der Waals surface area contributed by atoms with E-state index in [1.807, 2.05) is 0 Å². The number of hydrogen-bond donors (Lipinski definition) is 1. The smallest absolute Gasteiger partial charge is 0.379 e. The van der Waals surface area contributed by atoms with Gasteiger partial charge in [-0.25, -0.2) is 9.07 Å². The minimum absolute atomic E-state index is 0.00158. The Kier molecular flexibility index (Phi) is 7.54. The Balaban J connectivity index is 1.40. The van der Waals surface area contributed by atoms with E-state index in [0.717, 1.165) is 18.6 Å². The maximum Gasteiger partial charge on any atom is 0.416 e. The molecule has 0 unspecified atom stereocenters. The van der Waals surface area contributed by atoms with E-state index >= 15 is 0 Å². The number of fused-ring (bicyclic) bond motifs is 2. The van der Waals surface area contributed by atoms with E-state index in [-0.39, 0.29) is 42.4 Å². The van der Waals surface area contributed by atoms with Crippen molar-refractivity contribution >= 4 is 23.5 Å². The fourth-order valence-electron chi connectivity index (χ4n) is 7.23. The van der Waals surface area contributed by atoms with Crippen LogP contribution in [0, 0.1) is 23.1 Å². The van der Waals surface area contributed by atoms with Crippen LogP contribution in [0.4, 0.5) is 23.4 Å². The minimum atomic E-state index is -4.70. The molecule has 1 aromatic heterocycles. The number of nitrogens with zero attached hydrogens (tertiary/aromatic N) is 5. The number of alkyl halides is 3. The highest BCUT2D eigenvalue weighted by atomic mass is 19.4. The van der Waals surface area contributed by atoms with Crippen molar-refractivity contribution in [3.63, 3.8) is 0 Å². The van der Waals surface area contributed by atoms with Gasteiger partial charge in [0.25, 0.3) is 17.7 Å². The molecule has 0 radical (unpaired) electrons. The molecule has 1 saturated carbocycles. The minimum Gasteiger partial charge on any atom is -0.379 e. The van der Waals surface area contributed by atoms with E-state index in [9.17, 15) is 37.2 Å². The molecule has 1 aliphatic carbocycles. The molecule has 2 aromatic carbocycles. The van der Waals surface area contributed by atoms with Gasteiger partial charge >= 0.3 is 6.18 Å². The molecule has 3 amide bonds. The van der Waals surface area contributed by atoms with Gasteiger partial charge in [0, 0.05) is 36.2 Å². The second-order valence-corrected chi connectivity index (χ2v) is 12.3. The molecular weight excluding hydrogens is 620 g/mol. The maximum atomic E-state index is 14.5. The number of nitrogens with one attached hydrogen (secondary N) is 1. The molecular formula is C33H30F4N6O4. The number of hydrogen-bond acceptors (Lipinski definition) is 6. The monoisotopic (exact) mass is 650 g/mol. The number of ether oxygens (including phenoxy) is 1. The second-order valence-electron chi connectivity index (χ2n) is 12.3. The average Bonchev–Trinajstić information content (AvgIpc) is 3.39. The highest BCUT2D eigenvalue weighted by Crippen LogP contribution is 2.50. The van der Waals surface area contributed by atoms with E-state index in [4.69, 9.17) is 9.84 Å². The lowest BCUT2D eigenvalue weighted by molar-refractivity contribution is -0.137. The topological polar surface area (TPSA) is 121 Å². The van der Waals surface area contributed by atoms with Crippen molar-refractivity contribution in [3.8, 4) is 6.07 Å². The van der Waals surface area contributed by atoms with Crippen LogP contribution in [-0.2, 0) is 15.7 Å². The summed E-state index contributed by atoms with van der Waals surface area (Å²) < 4.78 is 61.9. The summed E-state index contributed by atoms with van der Waals surface area (Å²) in [6.07, 6.45) is -2.84. The van der Waals surface area contributed by atoms with Gasteiger partial charge in [-0.05, 0) is 68.0 Å². The number of piperidine rings is 1. The predicted molar refractivity (Wildman–Crippen MR) is 158 cm³/mol. The third kappa shape index (κ3) is 5.22. The Morgan fingerprint density at radius 1 is 1.15 bits per heavy atom. The summed E-state index contributed by atoms with van der Waals surface area (Å²) in [4.78, 5) is 45.4. The first-order valence-electron chi connectivity index (χ1n) is 15.5. The van der Waals surface area contributed by atoms with Crippen molar-refractivity contribution in [3.05, 3.63) is 82.3 Å². The van der Waals surface area contributed by atoms with Crippen LogP contribution >= 0.6 is 0 Å². The Labute approximate surface area is 266 Å². The standard InChI is InChI=1S/C33H30F4N6O4/c1-2-41-30-26(28(40-43(30)22-10-11-47-16-22)32(46)42-23(15-38)13-19-14-24(19)42)25(17-6-8-21(34)9-7-17)27(31(41)45)39-29(44)18-4-3-5-20(12-18)33(35,36)37/h3-9,12,19,22-25,27H,2,10-11,13-14,16H2,1H3,(H,39,44)/t19-,22+,23-,24+,25+,27+/m0/s1. The number of amides is 3. The van der Waals surface area contributed by atoms with Crippen molar-refractivity contribution in [1.29, 1.82) is 5.26 Å². The number of benzene rings is 2. The van der Waals surface area contributed by atoms with Crippen LogP contribution < -0.4 is 10.2 Å². The van der Waals surface area contributed by atoms with E-state index in [1.54, 1.807) is 16.5 Å². The van der Waals surface area contributed by atoms with Crippen LogP contribution in [0.3, 0.4) is 0 Å². The molecule has 0 bridgehead atoms. The predicted octanol–water partition coefficient (Wildman–Crippen LogP) is 4.43. The molecule has 3 aromatic rings. The Morgan fingerprint density at radius 3 is 2.57 bits per heavy atom. The number of nitriles is 1. The van der Waals surface area contributed by atoms with Crippen molar-refractivity contribution in [2.75, 3.05) is 24.7 Å². The lowest BCUT2D eigenvalue weighted by Gasteiger charge is -2.39. The van der Waals surface area contributed by atoms with Gasteiger partial charge in [0.1, 0.15) is 23.7 Å². The highest BCUT2D eigenvalue weighted by Gasteiger charge is 2.56. The van der Waals surface area contributed by atoms with Gasteiger partial charge in [0.05, 0.1) is 24.3 Å². The number of likely N-dealkylation sites (tertiary alicyclic amines) is 1. The summed E-state index contributed by atoms with van der Waals surface area (Å²) >= 11 is 0. The van der Waals surface area contributed by atoms with Crippen LogP contribution in [0.25, 0.3) is 0 Å². The lowest BCUT2D eigenvalue weighted by Crippen LogP contribution is -2.56. The molecule has 14 heteroatoms. The first-order chi connectivity index (χ1) is 22.5. The SMILES string of the molecule is CCN1C(=O)[C@H](NC(=O)c2cccc(C(F)(F)F)c2)[C@H](c2ccc(F)cc2)c2c(C(=O)N3[C@H](C#N)C[C@H]4C[C@H]43)nn([C@@H]3CCOC3)c21. The first-order valence-corrected chi connectivity index (χ1v) is 15.5. The van der Waals surface area contributed by atoms with E-state index in [2.05, 4.69) is 11.4 Å². The molecule has 1 N–H and O–H groups in total. The molecule has 244 valence electrons. The molecule has 4 aliphatic rings. The Bertz CT molecular complexity index is 1800. The molecule has 0 spiro atoms. The first kappa shape index (κ1) is 30.9. The van der Waals surface area contributed by atoms with Crippen LogP contribution in [0.5, 0.6) is 0 Å². The van der Waals surface area contributed by atoms with Gasteiger partial charge in [0.15, 0.2) is 5.69 Å². The third-order valence-corrected chi connectivity index (χ3v) is 9.58. The van der Waals surface area contributed by atoms with Gasteiger partial charge in [-0.15, -0.1) is 0 Å². The molecule has 4 heterocycles. The normalized spacial score (nSPS) is 26.5. The number of aromatic nitrogens is 2. The summed E-state index contributed by atoms with van der Waals surface area (Å²) in [6.45, 7) is 2.54. The molecule has 47 heavy (non-hydrogen) atoms. The Morgan fingerprint density at radius 2 is 1.91 bits per heavy atom. The molecule has 6 atom stereocenters. The number of halogens is 4. The van der Waals surface area contributed by atoms with Crippen molar-refractivity contribution < 1.29 is 36.7 Å². The lowest BCUT2D eigenvalue weighted by atomic mass is 9.80. The maximum absolute atomic E-state index is 14.5. The van der Waals surface area contributed by atoms with Crippen LogP contribution in [0.15, 0.2) is 48.5 Å². The van der Waals surface area contributed by atoms with Gasteiger partial charge in [-0.3, -0.25) is 19.3 Å². The second kappa shape index (κ2) is 11.5. The number of rotatable bonds is 6. The van der Waals surface area contributed by atoms with E-state index in [1.165, 1.54) is 35.2 Å². The summed E-state index contributed by atoms with van der Waals surface area (Å²) in [5, 5.41) is 17.3. The molecule has 7 rings (SSSR count). The average molecular weight is 651 g/mol. The summed E-state index contributed by atoms with van der Waals surface area (Å²) in [6, 6.07) is 8.84. The third-order valence-electron chi connectivity index (χ3n) is 9.58. The number of carbonyl (C=O) groups is 3. The van der Waals surface area contributed by atoms with Crippen LogP contribution in [0.2, 0.25) is 0 Å². The van der Waals surface area contributed by atoms with Gasteiger partial charge in [-0.2, -0.15) is 23.5 Å². The van der Waals surface area contributed by atoms with Crippen molar-refractivity contribution in [2.45, 2.75) is 62.4 Å². The zero-order valence-electron chi connectivity index (χ0n) is 25.2. The highest BCUT2D eigenvalue weighted by molar-refractivity contribution is 6.07.